The number of amides is 1. The third-order valence-electron chi connectivity index (χ3n) is 3.84. The lowest BCUT2D eigenvalue weighted by atomic mass is 10.2. The molecule has 0 spiro atoms. The highest BCUT2D eigenvalue weighted by Gasteiger charge is 2.08. The lowest BCUT2D eigenvalue weighted by Crippen LogP contribution is -2.23. The van der Waals surface area contributed by atoms with Gasteiger partial charge in [-0.3, -0.25) is 14.8 Å². The highest BCUT2D eigenvalue weighted by molar-refractivity contribution is 5.93. The van der Waals surface area contributed by atoms with Crippen LogP contribution in [0.2, 0.25) is 0 Å². The molecular formula is C20H21N5O. The van der Waals surface area contributed by atoms with Crippen LogP contribution in [0.4, 0.5) is 17.1 Å². The molecule has 0 bridgehead atoms. The van der Waals surface area contributed by atoms with Gasteiger partial charge < -0.3 is 15.5 Å². The highest BCUT2D eigenvalue weighted by atomic mass is 16.1. The summed E-state index contributed by atoms with van der Waals surface area (Å²) in [6.45, 7) is 0.415. The zero-order valence-electron chi connectivity index (χ0n) is 14.8. The molecule has 0 radical (unpaired) electrons. The lowest BCUT2D eigenvalue weighted by molar-refractivity contribution is 0.0946. The molecule has 132 valence electrons. The zero-order valence-corrected chi connectivity index (χ0v) is 14.8. The summed E-state index contributed by atoms with van der Waals surface area (Å²) in [4.78, 5) is 22.5. The number of rotatable bonds is 6. The smallest absolute Gasteiger partial charge is 0.270 e. The average Bonchev–Trinajstić information content (AvgIpc) is 2.67. The Morgan fingerprint density at radius 2 is 1.85 bits per heavy atom. The molecule has 0 aliphatic heterocycles. The molecule has 0 aliphatic rings. The Kier molecular flexibility index (Phi) is 5.43. The van der Waals surface area contributed by atoms with Crippen molar-refractivity contribution in [2.24, 2.45) is 0 Å². The first-order chi connectivity index (χ1) is 12.6. The quantitative estimate of drug-likeness (QED) is 0.716. The van der Waals surface area contributed by atoms with Crippen molar-refractivity contribution in [3.63, 3.8) is 0 Å². The first kappa shape index (κ1) is 17.4. The molecule has 0 fully saturated rings. The van der Waals surface area contributed by atoms with E-state index in [-0.39, 0.29) is 5.91 Å². The molecule has 0 atom stereocenters. The number of aromatic nitrogens is 2. The van der Waals surface area contributed by atoms with Crippen LogP contribution in [-0.2, 0) is 6.54 Å². The fourth-order valence-electron chi connectivity index (χ4n) is 2.42. The molecule has 2 aromatic heterocycles. The van der Waals surface area contributed by atoms with E-state index in [0.29, 0.717) is 12.2 Å². The van der Waals surface area contributed by atoms with Crippen LogP contribution < -0.4 is 15.5 Å². The molecule has 6 heteroatoms. The summed E-state index contributed by atoms with van der Waals surface area (Å²) in [6, 6.07) is 15.4. The minimum atomic E-state index is -0.222. The van der Waals surface area contributed by atoms with Gasteiger partial charge in [-0.25, -0.2) is 0 Å². The Bertz CT molecular complexity index is 863. The maximum absolute atomic E-state index is 12.3. The van der Waals surface area contributed by atoms with Gasteiger partial charge in [-0.2, -0.15) is 0 Å². The first-order valence-electron chi connectivity index (χ1n) is 8.29. The molecule has 0 unspecified atom stereocenters. The van der Waals surface area contributed by atoms with Crippen molar-refractivity contribution in [3.8, 4) is 0 Å². The Labute approximate surface area is 152 Å². The fourth-order valence-corrected chi connectivity index (χ4v) is 2.42. The van der Waals surface area contributed by atoms with E-state index in [9.17, 15) is 4.79 Å². The van der Waals surface area contributed by atoms with Crippen molar-refractivity contribution in [2.45, 2.75) is 6.54 Å². The summed E-state index contributed by atoms with van der Waals surface area (Å²) in [5.74, 6) is -0.222. The molecule has 2 heterocycles. The molecule has 26 heavy (non-hydrogen) atoms. The van der Waals surface area contributed by atoms with Gasteiger partial charge in [0.15, 0.2) is 0 Å². The minimum absolute atomic E-state index is 0.222. The van der Waals surface area contributed by atoms with Crippen molar-refractivity contribution < 1.29 is 4.79 Å². The van der Waals surface area contributed by atoms with Crippen molar-refractivity contribution in [1.29, 1.82) is 0 Å². The van der Waals surface area contributed by atoms with E-state index in [1.165, 1.54) is 0 Å². The molecule has 0 aliphatic carbocycles. The number of carbonyl (C=O) groups is 1. The molecule has 0 saturated carbocycles. The molecule has 2 N–H and O–H groups in total. The molecule has 3 rings (SSSR count). The van der Waals surface area contributed by atoms with Crippen LogP contribution in [0.25, 0.3) is 0 Å². The Morgan fingerprint density at radius 3 is 2.54 bits per heavy atom. The SMILES string of the molecule is CN(C)c1ccc(Nc2ccnc(C(=O)NCc3cccnc3)c2)cc1. The van der Waals surface area contributed by atoms with Crippen LogP contribution in [0.1, 0.15) is 16.1 Å². The van der Waals surface area contributed by atoms with Gasteiger partial charge in [-0.05, 0) is 48.0 Å². The van der Waals surface area contributed by atoms with E-state index in [1.807, 2.05) is 61.5 Å². The molecule has 3 aromatic rings. The van der Waals surface area contributed by atoms with Gasteiger partial charge in [0.05, 0.1) is 0 Å². The van der Waals surface area contributed by atoms with Crippen LogP contribution in [0.5, 0.6) is 0 Å². The number of carbonyl (C=O) groups excluding carboxylic acids is 1. The summed E-state index contributed by atoms with van der Waals surface area (Å²) >= 11 is 0. The highest BCUT2D eigenvalue weighted by Crippen LogP contribution is 2.20. The van der Waals surface area contributed by atoms with Crippen LogP contribution in [-0.4, -0.2) is 30.0 Å². The van der Waals surface area contributed by atoms with Crippen molar-refractivity contribution in [1.82, 2.24) is 15.3 Å². The maximum Gasteiger partial charge on any atom is 0.270 e. The molecule has 0 saturated heterocycles. The van der Waals surface area contributed by atoms with Gasteiger partial charge in [0.2, 0.25) is 0 Å². The normalized spacial score (nSPS) is 10.2. The fraction of sp³-hybridized carbons (Fsp3) is 0.150. The number of nitrogens with one attached hydrogen (secondary N) is 2. The van der Waals surface area contributed by atoms with Crippen molar-refractivity contribution in [3.05, 3.63) is 78.4 Å². The molecule has 6 nitrogen and oxygen atoms in total. The second-order valence-corrected chi connectivity index (χ2v) is 6.04. The Hall–Kier alpha value is -3.41. The van der Waals surface area contributed by atoms with Crippen molar-refractivity contribution in [2.75, 3.05) is 24.3 Å². The lowest BCUT2D eigenvalue weighted by Gasteiger charge is -2.13. The van der Waals surface area contributed by atoms with Gasteiger partial charge in [0.25, 0.3) is 5.91 Å². The number of nitrogens with zero attached hydrogens (tertiary/aromatic N) is 3. The van der Waals surface area contributed by atoms with Gasteiger partial charge >= 0.3 is 0 Å². The summed E-state index contributed by atoms with van der Waals surface area (Å²) in [5.41, 5.74) is 4.19. The second-order valence-electron chi connectivity index (χ2n) is 6.04. The number of pyridine rings is 2. The summed E-state index contributed by atoms with van der Waals surface area (Å²) in [6.07, 6.45) is 5.05. The predicted octanol–water partition coefficient (Wildman–Crippen LogP) is 3.22. The Balaban J connectivity index is 1.64. The van der Waals surface area contributed by atoms with E-state index in [4.69, 9.17) is 0 Å². The summed E-state index contributed by atoms with van der Waals surface area (Å²) < 4.78 is 0. The summed E-state index contributed by atoms with van der Waals surface area (Å²) in [5, 5.41) is 6.14. The largest absolute Gasteiger partial charge is 0.378 e. The zero-order chi connectivity index (χ0) is 18.4. The first-order valence-corrected chi connectivity index (χ1v) is 8.29. The van der Waals surface area contributed by atoms with E-state index in [0.717, 1.165) is 22.6 Å². The monoisotopic (exact) mass is 347 g/mol. The van der Waals surface area contributed by atoms with Crippen molar-refractivity contribution >= 4 is 23.0 Å². The van der Waals surface area contributed by atoms with E-state index in [2.05, 4.69) is 20.6 Å². The molecule has 1 aromatic carbocycles. The number of benzene rings is 1. The second kappa shape index (κ2) is 8.11. The molecule has 1 amide bonds. The number of anilines is 3. The minimum Gasteiger partial charge on any atom is -0.378 e. The predicted molar refractivity (Wildman–Crippen MR) is 104 cm³/mol. The summed E-state index contributed by atoms with van der Waals surface area (Å²) in [7, 11) is 4.00. The average molecular weight is 347 g/mol. The standard InChI is InChI=1S/C20H21N5O/c1-25(2)18-7-5-16(6-8-18)24-17-9-11-22-19(12-17)20(26)23-14-15-4-3-10-21-13-15/h3-13H,14H2,1-2H3,(H,22,24)(H,23,26). The number of hydrogen-bond donors (Lipinski definition) is 2. The van der Waals surface area contributed by atoms with E-state index >= 15 is 0 Å². The Morgan fingerprint density at radius 1 is 1.04 bits per heavy atom. The van der Waals surface area contributed by atoms with Crippen LogP contribution in [0.15, 0.2) is 67.1 Å². The van der Waals surface area contributed by atoms with Gasteiger partial charge in [-0.15, -0.1) is 0 Å². The maximum atomic E-state index is 12.3. The molecular weight excluding hydrogens is 326 g/mol. The van der Waals surface area contributed by atoms with Crippen LogP contribution in [0, 0.1) is 0 Å². The third-order valence-corrected chi connectivity index (χ3v) is 3.84. The van der Waals surface area contributed by atoms with Crippen LogP contribution in [0.3, 0.4) is 0 Å². The third kappa shape index (κ3) is 4.57. The van der Waals surface area contributed by atoms with E-state index < -0.39 is 0 Å². The van der Waals surface area contributed by atoms with Gasteiger partial charge in [-0.1, -0.05) is 6.07 Å². The topological polar surface area (TPSA) is 70.2 Å². The van der Waals surface area contributed by atoms with Crippen LogP contribution >= 0.6 is 0 Å². The number of hydrogen-bond acceptors (Lipinski definition) is 5. The van der Waals surface area contributed by atoms with E-state index in [1.54, 1.807) is 24.7 Å². The van der Waals surface area contributed by atoms with Gasteiger partial charge in [0, 0.05) is 56.3 Å². The van der Waals surface area contributed by atoms with Gasteiger partial charge in [0.1, 0.15) is 5.69 Å².